The molecule has 0 bridgehead atoms. The van der Waals surface area contributed by atoms with E-state index in [0.717, 1.165) is 25.7 Å². The summed E-state index contributed by atoms with van der Waals surface area (Å²) in [5.74, 6) is 0.238. The topological polar surface area (TPSA) is 102 Å². The molecule has 1 aliphatic carbocycles. The van der Waals surface area contributed by atoms with Crippen LogP contribution < -0.4 is 10.1 Å². The van der Waals surface area contributed by atoms with E-state index in [1.54, 1.807) is 30.6 Å². The number of carbonyl (C=O) groups is 1. The van der Waals surface area contributed by atoms with Crippen LogP contribution in [-0.2, 0) is 0 Å². The Kier molecular flexibility index (Phi) is 6.31. The van der Waals surface area contributed by atoms with Crippen LogP contribution in [-0.4, -0.2) is 43.6 Å². The average Bonchev–Trinajstić information content (AvgIpc) is 3.23. The summed E-state index contributed by atoms with van der Waals surface area (Å²) in [6, 6.07) is 6.33. The van der Waals surface area contributed by atoms with Gasteiger partial charge in [-0.3, -0.25) is 0 Å². The number of benzene rings is 1. The van der Waals surface area contributed by atoms with E-state index in [1.165, 1.54) is 17.1 Å². The van der Waals surface area contributed by atoms with E-state index in [-0.39, 0.29) is 22.9 Å². The molecule has 1 fully saturated rings. The Balaban J connectivity index is 1.48. The van der Waals surface area contributed by atoms with Gasteiger partial charge in [0.2, 0.25) is 0 Å². The van der Waals surface area contributed by atoms with Crippen molar-refractivity contribution in [2.75, 3.05) is 6.61 Å². The van der Waals surface area contributed by atoms with Crippen molar-refractivity contribution in [1.82, 2.24) is 25.1 Å². The fourth-order valence-electron chi connectivity index (χ4n) is 3.75. The lowest BCUT2D eigenvalue weighted by Gasteiger charge is -2.28. The third-order valence-electron chi connectivity index (χ3n) is 5.35. The molecule has 2 aromatic heterocycles. The number of rotatable bonds is 6. The molecule has 0 aliphatic heterocycles. The highest BCUT2D eigenvalue weighted by atomic mass is 35.5. The maximum atomic E-state index is 14.1. The Bertz CT molecular complexity index is 1070. The molecule has 0 spiro atoms. The van der Waals surface area contributed by atoms with Gasteiger partial charge in [-0.25, -0.2) is 23.8 Å². The third kappa shape index (κ3) is 4.93. The molecule has 0 unspecified atom stereocenters. The summed E-state index contributed by atoms with van der Waals surface area (Å²) < 4.78 is 21.5. The lowest BCUT2D eigenvalue weighted by Crippen LogP contribution is -2.37. The van der Waals surface area contributed by atoms with Crippen LogP contribution in [0.25, 0.3) is 16.9 Å². The largest absolute Gasteiger partial charge is 0.488 e. The molecule has 162 valence electrons. The van der Waals surface area contributed by atoms with Gasteiger partial charge in [0, 0.05) is 17.8 Å². The predicted octanol–water partition coefficient (Wildman–Crippen LogP) is 4.33. The minimum Gasteiger partial charge on any atom is -0.488 e. The van der Waals surface area contributed by atoms with E-state index in [0.29, 0.717) is 29.3 Å². The molecule has 10 heteroatoms. The molecule has 31 heavy (non-hydrogen) atoms. The summed E-state index contributed by atoms with van der Waals surface area (Å²) in [7, 11) is 0. The third-order valence-corrected chi connectivity index (χ3v) is 5.62. The minimum absolute atomic E-state index is 0.0165. The van der Waals surface area contributed by atoms with Gasteiger partial charge in [0.1, 0.15) is 23.5 Å². The van der Waals surface area contributed by atoms with Crippen molar-refractivity contribution in [2.45, 2.75) is 31.7 Å². The number of hydrogen-bond acceptors (Lipinski definition) is 5. The molecule has 0 radical (unpaired) electrons. The second kappa shape index (κ2) is 9.30. The standard InChI is InChI=1S/C21H21ClFN5O3/c22-20-19(31-11-13-5-7-15(8-6-13)27-21(29)30)18(24-12-25-20)14-9-26-28(10-14)17-4-2-1-3-16(17)23/h1-4,9-10,12-13,15,27H,5-8,11H2,(H,29,30). The second-order valence-electron chi connectivity index (χ2n) is 7.45. The number of hydrogen-bond donors (Lipinski definition) is 2. The smallest absolute Gasteiger partial charge is 0.404 e. The van der Waals surface area contributed by atoms with E-state index in [1.807, 2.05) is 0 Å². The average molecular weight is 446 g/mol. The lowest BCUT2D eigenvalue weighted by molar-refractivity contribution is 0.169. The summed E-state index contributed by atoms with van der Waals surface area (Å²) in [5.41, 5.74) is 1.42. The maximum Gasteiger partial charge on any atom is 0.404 e. The van der Waals surface area contributed by atoms with Crippen LogP contribution in [0, 0.1) is 11.7 Å². The first-order chi connectivity index (χ1) is 15.0. The van der Waals surface area contributed by atoms with Crippen molar-refractivity contribution in [1.29, 1.82) is 0 Å². The molecule has 0 saturated heterocycles. The van der Waals surface area contributed by atoms with Gasteiger partial charge in [-0.05, 0) is 43.7 Å². The Morgan fingerprint density at radius 2 is 2.03 bits per heavy atom. The lowest BCUT2D eigenvalue weighted by atomic mass is 9.86. The number of amides is 1. The molecule has 1 amide bonds. The Morgan fingerprint density at radius 1 is 1.26 bits per heavy atom. The highest BCUT2D eigenvalue weighted by molar-refractivity contribution is 6.31. The number of nitrogens with zero attached hydrogens (tertiary/aromatic N) is 4. The van der Waals surface area contributed by atoms with E-state index in [9.17, 15) is 9.18 Å². The molecule has 1 aromatic carbocycles. The van der Waals surface area contributed by atoms with Crippen molar-refractivity contribution in [3.8, 4) is 22.7 Å². The van der Waals surface area contributed by atoms with Crippen LogP contribution in [0.1, 0.15) is 25.7 Å². The van der Waals surface area contributed by atoms with Gasteiger partial charge in [0.05, 0.1) is 12.8 Å². The van der Waals surface area contributed by atoms with Gasteiger partial charge in [0.15, 0.2) is 10.9 Å². The van der Waals surface area contributed by atoms with Crippen molar-refractivity contribution in [3.05, 3.63) is 54.0 Å². The van der Waals surface area contributed by atoms with Crippen molar-refractivity contribution in [3.63, 3.8) is 0 Å². The summed E-state index contributed by atoms with van der Waals surface area (Å²) in [4.78, 5) is 19.1. The number of ether oxygens (including phenoxy) is 1. The van der Waals surface area contributed by atoms with Crippen molar-refractivity contribution >= 4 is 17.7 Å². The van der Waals surface area contributed by atoms with Crippen molar-refractivity contribution < 1.29 is 19.0 Å². The van der Waals surface area contributed by atoms with Gasteiger partial charge in [0.25, 0.3) is 0 Å². The van der Waals surface area contributed by atoms with Crippen LogP contribution >= 0.6 is 11.6 Å². The monoisotopic (exact) mass is 445 g/mol. The van der Waals surface area contributed by atoms with Crippen LogP contribution in [0.5, 0.6) is 5.75 Å². The van der Waals surface area contributed by atoms with Gasteiger partial charge in [-0.2, -0.15) is 5.10 Å². The van der Waals surface area contributed by atoms with Gasteiger partial charge in [-0.15, -0.1) is 0 Å². The molecule has 2 heterocycles. The molecule has 3 aromatic rings. The van der Waals surface area contributed by atoms with E-state index >= 15 is 0 Å². The first-order valence-corrected chi connectivity index (χ1v) is 10.3. The van der Waals surface area contributed by atoms with Crippen LogP contribution in [0.3, 0.4) is 0 Å². The maximum absolute atomic E-state index is 14.1. The number of halogens is 2. The summed E-state index contributed by atoms with van der Waals surface area (Å²) in [6.07, 6.45) is 6.80. The van der Waals surface area contributed by atoms with Crippen LogP contribution in [0.2, 0.25) is 5.15 Å². The Morgan fingerprint density at radius 3 is 2.77 bits per heavy atom. The van der Waals surface area contributed by atoms with Crippen molar-refractivity contribution in [2.24, 2.45) is 5.92 Å². The summed E-state index contributed by atoms with van der Waals surface area (Å²) >= 11 is 6.29. The fraction of sp³-hybridized carbons (Fsp3) is 0.333. The minimum atomic E-state index is -0.992. The first-order valence-electron chi connectivity index (χ1n) is 9.94. The van der Waals surface area contributed by atoms with Crippen LogP contribution in [0.4, 0.5) is 9.18 Å². The number of carboxylic acid groups (broad SMARTS) is 1. The fourth-order valence-corrected chi connectivity index (χ4v) is 3.94. The zero-order chi connectivity index (χ0) is 21.8. The first kappa shape index (κ1) is 21.0. The number of nitrogens with one attached hydrogen (secondary N) is 1. The highest BCUT2D eigenvalue weighted by Crippen LogP contribution is 2.34. The van der Waals surface area contributed by atoms with Gasteiger partial charge in [-0.1, -0.05) is 23.7 Å². The molecule has 1 aliphatic rings. The molecule has 8 nitrogen and oxygen atoms in total. The SMILES string of the molecule is O=C(O)NC1CCC(COc2c(Cl)ncnc2-c2cnn(-c3ccccc3F)c2)CC1. The predicted molar refractivity (Wildman–Crippen MR) is 112 cm³/mol. The summed E-state index contributed by atoms with van der Waals surface area (Å²) in [6.45, 7) is 0.418. The van der Waals surface area contributed by atoms with E-state index < -0.39 is 6.09 Å². The van der Waals surface area contributed by atoms with Gasteiger partial charge >= 0.3 is 6.09 Å². The Hall–Kier alpha value is -3.20. The number of aromatic nitrogens is 4. The van der Waals surface area contributed by atoms with Crippen LogP contribution in [0.15, 0.2) is 43.0 Å². The molecule has 2 N–H and O–H groups in total. The molecule has 1 saturated carbocycles. The molecule has 0 atom stereocenters. The Labute approximate surface area is 183 Å². The number of para-hydroxylation sites is 1. The highest BCUT2D eigenvalue weighted by Gasteiger charge is 2.24. The normalized spacial score (nSPS) is 18.5. The zero-order valence-electron chi connectivity index (χ0n) is 16.5. The zero-order valence-corrected chi connectivity index (χ0v) is 17.3. The molecular formula is C21H21ClFN5O3. The summed E-state index contributed by atoms with van der Waals surface area (Å²) in [5, 5.41) is 15.8. The van der Waals surface area contributed by atoms with Gasteiger partial charge < -0.3 is 15.2 Å². The quantitative estimate of drug-likeness (QED) is 0.547. The second-order valence-corrected chi connectivity index (χ2v) is 7.80. The van der Waals surface area contributed by atoms with E-state index in [2.05, 4.69) is 20.4 Å². The molecule has 4 rings (SSSR count). The molecular weight excluding hydrogens is 425 g/mol. The van der Waals surface area contributed by atoms with E-state index in [4.69, 9.17) is 21.4 Å².